The van der Waals surface area contributed by atoms with E-state index in [1.807, 2.05) is 13.8 Å². The van der Waals surface area contributed by atoms with E-state index in [2.05, 4.69) is 5.32 Å². The third-order valence-electron chi connectivity index (χ3n) is 2.74. The Morgan fingerprint density at radius 3 is 2.73 bits per heavy atom. The molecule has 0 amide bonds. The van der Waals surface area contributed by atoms with E-state index in [1.54, 1.807) is 6.07 Å². The number of allylic oxidation sites excluding steroid dienone is 1. The molecule has 1 aliphatic rings. The molecule has 2 nitrogen and oxygen atoms in total. The van der Waals surface area contributed by atoms with Gasteiger partial charge in [0.15, 0.2) is 0 Å². The summed E-state index contributed by atoms with van der Waals surface area (Å²) in [7, 11) is 0. The Hall–Kier alpha value is -1.35. The molecule has 1 radical (unpaired) electrons. The number of halogens is 1. The molecular formula is C12H14FN2. The van der Waals surface area contributed by atoms with Crippen LogP contribution < -0.4 is 11.1 Å². The van der Waals surface area contributed by atoms with Crippen LogP contribution in [-0.2, 0) is 0 Å². The average Bonchev–Trinajstić information content (AvgIpc) is 2.53. The summed E-state index contributed by atoms with van der Waals surface area (Å²) in [5, 5.41) is 4.40. The molecule has 0 saturated heterocycles. The van der Waals surface area contributed by atoms with Gasteiger partial charge >= 0.3 is 0 Å². The molecule has 0 fully saturated rings. The van der Waals surface area contributed by atoms with Gasteiger partial charge < -0.3 is 5.73 Å². The van der Waals surface area contributed by atoms with Crippen LogP contribution in [0.4, 0.5) is 10.1 Å². The molecular weight excluding hydrogens is 191 g/mol. The number of nitrogens with zero attached hydrogens (tertiary/aromatic N) is 1. The minimum Gasteiger partial charge on any atom is -0.330 e. The number of fused-ring (bicyclic) bond motifs is 1. The summed E-state index contributed by atoms with van der Waals surface area (Å²) in [6, 6.07) is 3.26. The van der Waals surface area contributed by atoms with E-state index in [0.717, 1.165) is 22.5 Å². The van der Waals surface area contributed by atoms with E-state index in [9.17, 15) is 4.39 Å². The zero-order valence-electron chi connectivity index (χ0n) is 8.97. The molecule has 1 aromatic carbocycles. The van der Waals surface area contributed by atoms with Crippen LogP contribution in [0.2, 0.25) is 0 Å². The topological polar surface area (TPSA) is 40.1 Å². The summed E-state index contributed by atoms with van der Waals surface area (Å²) in [4.78, 5) is 0. The molecule has 0 aromatic heterocycles. The monoisotopic (exact) mass is 205 g/mol. The smallest absolute Gasteiger partial charge is 0.132 e. The van der Waals surface area contributed by atoms with Crippen molar-refractivity contribution in [2.24, 2.45) is 5.73 Å². The second kappa shape index (κ2) is 3.66. The van der Waals surface area contributed by atoms with Crippen LogP contribution in [0.1, 0.15) is 24.5 Å². The fourth-order valence-electron chi connectivity index (χ4n) is 1.97. The van der Waals surface area contributed by atoms with Gasteiger partial charge in [0.05, 0.1) is 5.69 Å². The third kappa shape index (κ3) is 1.53. The Bertz CT molecular complexity index is 435. The summed E-state index contributed by atoms with van der Waals surface area (Å²) in [6.07, 6.45) is 0.683. The Labute approximate surface area is 89.0 Å². The van der Waals surface area contributed by atoms with Crippen LogP contribution in [0, 0.1) is 12.7 Å². The first-order chi connectivity index (χ1) is 7.15. The lowest BCUT2D eigenvalue weighted by molar-refractivity contribution is 0.623. The van der Waals surface area contributed by atoms with Crippen LogP contribution in [0.5, 0.6) is 0 Å². The lowest BCUT2D eigenvalue weighted by atomic mass is 10.00. The van der Waals surface area contributed by atoms with Gasteiger partial charge in [-0.1, -0.05) is 6.07 Å². The minimum atomic E-state index is -0.195. The summed E-state index contributed by atoms with van der Waals surface area (Å²) >= 11 is 0. The van der Waals surface area contributed by atoms with E-state index in [-0.39, 0.29) is 5.82 Å². The van der Waals surface area contributed by atoms with E-state index in [0.29, 0.717) is 18.5 Å². The summed E-state index contributed by atoms with van der Waals surface area (Å²) < 4.78 is 13.7. The normalized spacial score (nSPS) is 14.1. The van der Waals surface area contributed by atoms with Crippen LogP contribution in [0.3, 0.4) is 0 Å². The lowest BCUT2D eigenvalue weighted by Gasteiger charge is -2.06. The average molecular weight is 205 g/mol. The molecule has 3 heteroatoms. The maximum absolute atomic E-state index is 13.7. The molecule has 2 rings (SSSR count). The summed E-state index contributed by atoms with van der Waals surface area (Å²) in [5.74, 6) is -0.195. The first-order valence-corrected chi connectivity index (χ1v) is 5.06. The summed E-state index contributed by atoms with van der Waals surface area (Å²) in [5.41, 5.74) is 9.80. The quantitative estimate of drug-likeness (QED) is 0.791. The molecule has 1 heterocycles. The molecule has 0 saturated carbocycles. The Balaban J connectivity index is 2.56. The maximum Gasteiger partial charge on any atom is 0.132 e. The molecule has 0 spiro atoms. The predicted molar refractivity (Wildman–Crippen MR) is 59.2 cm³/mol. The number of hydrogen-bond donors (Lipinski definition) is 1. The molecule has 0 aliphatic carbocycles. The van der Waals surface area contributed by atoms with E-state index in [4.69, 9.17) is 5.73 Å². The van der Waals surface area contributed by atoms with Gasteiger partial charge in [0, 0.05) is 11.3 Å². The SMILES string of the molecule is CC1=C(CCN)c2c(F)ccc(C)c2[N]1. The highest BCUT2D eigenvalue weighted by molar-refractivity contribution is 5.83. The number of nitrogens with two attached hydrogens (primary N) is 1. The van der Waals surface area contributed by atoms with Gasteiger partial charge in [-0.05, 0) is 44.0 Å². The Morgan fingerprint density at radius 1 is 1.33 bits per heavy atom. The number of rotatable bonds is 2. The zero-order valence-corrected chi connectivity index (χ0v) is 8.97. The van der Waals surface area contributed by atoms with Crippen LogP contribution in [0.15, 0.2) is 17.8 Å². The maximum atomic E-state index is 13.7. The molecule has 15 heavy (non-hydrogen) atoms. The van der Waals surface area contributed by atoms with Gasteiger partial charge in [-0.2, -0.15) is 0 Å². The van der Waals surface area contributed by atoms with Crippen molar-refractivity contribution in [3.63, 3.8) is 0 Å². The van der Waals surface area contributed by atoms with Crippen LogP contribution in [0.25, 0.3) is 5.57 Å². The Morgan fingerprint density at radius 2 is 2.07 bits per heavy atom. The molecule has 2 N–H and O–H groups in total. The lowest BCUT2D eigenvalue weighted by Crippen LogP contribution is -2.00. The van der Waals surface area contributed by atoms with Crippen LogP contribution >= 0.6 is 0 Å². The van der Waals surface area contributed by atoms with Crippen molar-refractivity contribution in [3.05, 3.63) is 34.8 Å². The van der Waals surface area contributed by atoms with E-state index < -0.39 is 0 Å². The zero-order chi connectivity index (χ0) is 11.0. The van der Waals surface area contributed by atoms with E-state index in [1.165, 1.54) is 6.07 Å². The molecule has 79 valence electrons. The summed E-state index contributed by atoms with van der Waals surface area (Å²) in [6.45, 7) is 4.37. The number of hydrogen-bond acceptors (Lipinski definition) is 1. The predicted octanol–water partition coefficient (Wildman–Crippen LogP) is 2.46. The fraction of sp³-hybridized carbons (Fsp3) is 0.333. The molecule has 0 atom stereocenters. The van der Waals surface area contributed by atoms with Gasteiger partial charge in [0.25, 0.3) is 0 Å². The van der Waals surface area contributed by atoms with Gasteiger partial charge in [-0.25, -0.2) is 4.39 Å². The highest BCUT2D eigenvalue weighted by atomic mass is 19.1. The second-order valence-corrected chi connectivity index (χ2v) is 3.80. The fourth-order valence-corrected chi connectivity index (χ4v) is 1.97. The highest BCUT2D eigenvalue weighted by Gasteiger charge is 2.24. The first-order valence-electron chi connectivity index (χ1n) is 5.06. The molecule has 0 bridgehead atoms. The van der Waals surface area contributed by atoms with Crippen molar-refractivity contribution in [3.8, 4) is 0 Å². The number of benzene rings is 1. The van der Waals surface area contributed by atoms with Crippen molar-refractivity contribution in [1.82, 2.24) is 5.32 Å². The molecule has 1 aromatic rings. The number of aryl methyl sites for hydroxylation is 1. The van der Waals surface area contributed by atoms with Crippen molar-refractivity contribution < 1.29 is 4.39 Å². The van der Waals surface area contributed by atoms with Crippen LogP contribution in [-0.4, -0.2) is 6.54 Å². The van der Waals surface area contributed by atoms with Crippen molar-refractivity contribution in [1.29, 1.82) is 0 Å². The van der Waals surface area contributed by atoms with Crippen molar-refractivity contribution in [2.45, 2.75) is 20.3 Å². The Kier molecular flexibility index (Phi) is 2.49. The second-order valence-electron chi connectivity index (χ2n) is 3.80. The van der Waals surface area contributed by atoms with Crippen molar-refractivity contribution >= 4 is 11.3 Å². The third-order valence-corrected chi connectivity index (χ3v) is 2.74. The van der Waals surface area contributed by atoms with Gasteiger partial charge in [-0.3, -0.25) is 5.32 Å². The standard InChI is InChI=1S/C12H14FN2/c1-7-3-4-10(13)11-9(5-6-14)8(2)15-12(7)11/h3-4H,5-6,14H2,1-2H3. The minimum absolute atomic E-state index is 0.195. The largest absolute Gasteiger partial charge is 0.330 e. The molecule has 1 aliphatic heterocycles. The van der Waals surface area contributed by atoms with Crippen molar-refractivity contribution in [2.75, 3.05) is 6.54 Å². The van der Waals surface area contributed by atoms with Gasteiger partial charge in [0.2, 0.25) is 0 Å². The highest BCUT2D eigenvalue weighted by Crippen LogP contribution is 2.39. The van der Waals surface area contributed by atoms with E-state index >= 15 is 0 Å². The first kappa shape index (κ1) is 10.2. The molecule has 0 unspecified atom stereocenters. The van der Waals surface area contributed by atoms with Gasteiger partial charge in [-0.15, -0.1) is 0 Å². The van der Waals surface area contributed by atoms with Gasteiger partial charge in [0.1, 0.15) is 5.82 Å².